The molecule has 3 N–H and O–H groups in total. The van der Waals surface area contributed by atoms with Crippen LogP contribution in [-0.4, -0.2) is 22.7 Å². The molecule has 0 spiro atoms. The fraction of sp³-hybridized carbons (Fsp3) is 0.375. The number of carbonyl (C=O) groups excluding carboxylic acids is 1. The van der Waals surface area contributed by atoms with E-state index in [0.717, 1.165) is 12.8 Å². The van der Waals surface area contributed by atoms with Crippen molar-refractivity contribution in [2.75, 3.05) is 6.54 Å². The second-order valence-corrected chi connectivity index (χ2v) is 5.28. The fourth-order valence-electron chi connectivity index (χ4n) is 2.49. The van der Waals surface area contributed by atoms with Crippen LogP contribution in [0.3, 0.4) is 0 Å². The molecular weight excluding hydrogens is 268 g/mol. The Labute approximate surface area is 123 Å². The summed E-state index contributed by atoms with van der Waals surface area (Å²) >= 11 is 0. The van der Waals surface area contributed by atoms with E-state index >= 15 is 0 Å². The summed E-state index contributed by atoms with van der Waals surface area (Å²) in [5.74, 6) is -0.424. The Balaban J connectivity index is 2.03. The number of amides is 1. The number of benzene rings is 1. The van der Waals surface area contributed by atoms with Gasteiger partial charge in [-0.2, -0.15) is 5.26 Å². The molecule has 0 aliphatic heterocycles. The summed E-state index contributed by atoms with van der Waals surface area (Å²) in [5.41, 5.74) is 0.468. The van der Waals surface area contributed by atoms with Gasteiger partial charge in [0.15, 0.2) is 11.5 Å². The largest absolute Gasteiger partial charge is 0.504 e. The second kappa shape index (κ2) is 6.80. The Bertz CT molecular complexity index is 596. The first kappa shape index (κ1) is 14.9. The van der Waals surface area contributed by atoms with Gasteiger partial charge in [0.25, 0.3) is 5.91 Å². The van der Waals surface area contributed by atoms with E-state index in [1.54, 1.807) is 0 Å². The molecule has 0 saturated heterocycles. The number of carbonyl (C=O) groups is 1. The molecule has 0 heterocycles. The zero-order valence-corrected chi connectivity index (χ0v) is 11.7. The van der Waals surface area contributed by atoms with Gasteiger partial charge in [0.05, 0.1) is 0 Å². The van der Waals surface area contributed by atoms with Crippen LogP contribution in [0, 0.1) is 17.2 Å². The van der Waals surface area contributed by atoms with Crippen molar-refractivity contribution in [2.45, 2.75) is 25.7 Å². The molecule has 2 rings (SSSR count). The average Bonchev–Trinajstić information content (AvgIpc) is 2.99. The van der Waals surface area contributed by atoms with Crippen molar-refractivity contribution in [3.63, 3.8) is 0 Å². The van der Waals surface area contributed by atoms with Crippen molar-refractivity contribution in [3.05, 3.63) is 29.3 Å². The van der Waals surface area contributed by atoms with E-state index in [1.165, 1.54) is 37.1 Å². The highest BCUT2D eigenvalue weighted by molar-refractivity contribution is 6.01. The summed E-state index contributed by atoms with van der Waals surface area (Å²) in [6, 6.07) is 6.00. The van der Waals surface area contributed by atoms with Gasteiger partial charge in [0.2, 0.25) is 0 Å². The summed E-state index contributed by atoms with van der Waals surface area (Å²) in [6.07, 6.45) is 6.04. The van der Waals surface area contributed by atoms with Crippen LogP contribution in [0.4, 0.5) is 0 Å². The van der Waals surface area contributed by atoms with Crippen LogP contribution in [0.2, 0.25) is 0 Å². The Kier molecular flexibility index (Phi) is 4.83. The number of phenolic OH excluding ortho intramolecular Hbond substituents is 2. The Hall–Kier alpha value is -2.48. The molecule has 1 saturated carbocycles. The van der Waals surface area contributed by atoms with Crippen LogP contribution in [0.5, 0.6) is 11.5 Å². The fourth-order valence-corrected chi connectivity index (χ4v) is 2.49. The molecule has 5 nitrogen and oxygen atoms in total. The van der Waals surface area contributed by atoms with E-state index < -0.39 is 5.91 Å². The van der Waals surface area contributed by atoms with Crippen molar-refractivity contribution in [1.82, 2.24) is 5.32 Å². The number of nitriles is 1. The van der Waals surface area contributed by atoms with E-state index in [-0.39, 0.29) is 17.1 Å². The summed E-state index contributed by atoms with van der Waals surface area (Å²) in [7, 11) is 0. The van der Waals surface area contributed by atoms with Gasteiger partial charge in [0, 0.05) is 6.54 Å². The predicted octanol–water partition coefficient (Wildman–Crippen LogP) is 2.31. The molecule has 0 unspecified atom stereocenters. The quantitative estimate of drug-likeness (QED) is 0.450. The van der Waals surface area contributed by atoms with Gasteiger partial charge in [0.1, 0.15) is 11.6 Å². The lowest BCUT2D eigenvalue weighted by Crippen LogP contribution is -2.29. The number of nitrogens with zero attached hydrogens (tertiary/aromatic N) is 1. The maximum atomic E-state index is 12.0. The third kappa shape index (κ3) is 3.99. The first-order valence-electron chi connectivity index (χ1n) is 7.02. The summed E-state index contributed by atoms with van der Waals surface area (Å²) in [5, 5.41) is 30.5. The molecule has 1 aromatic carbocycles. The van der Waals surface area contributed by atoms with Gasteiger partial charge in [-0.1, -0.05) is 18.9 Å². The minimum atomic E-state index is -0.406. The molecule has 0 radical (unpaired) electrons. The molecule has 5 heteroatoms. The van der Waals surface area contributed by atoms with Crippen molar-refractivity contribution >= 4 is 12.0 Å². The minimum Gasteiger partial charge on any atom is -0.504 e. The Morgan fingerprint density at radius 1 is 1.33 bits per heavy atom. The molecule has 110 valence electrons. The Morgan fingerprint density at radius 3 is 2.67 bits per heavy atom. The number of aromatic hydroxyl groups is 2. The van der Waals surface area contributed by atoms with Gasteiger partial charge >= 0.3 is 0 Å². The molecule has 1 aliphatic rings. The first-order valence-corrected chi connectivity index (χ1v) is 7.02. The van der Waals surface area contributed by atoms with Crippen LogP contribution < -0.4 is 5.32 Å². The van der Waals surface area contributed by atoms with E-state index in [0.29, 0.717) is 18.0 Å². The molecule has 1 amide bonds. The standard InChI is InChI=1S/C16H18N2O3/c17-9-13(7-12-5-6-14(19)15(20)8-12)16(21)18-10-11-3-1-2-4-11/h5-8,11,19-20H,1-4,10H2,(H,18,21)/b13-7+. The Morgan fingerprint density at radius 2 is 2.05 bits per heavy atom. The van der Waals surface area contributed by atoms with E-state index in [9.17, 15) is 15.0 Å². The number of nitrogens with one attached hydrogen (secondary N) is 1. The predicted molar refractivity (Wildman–Crippen MR) is 78.3 cm³/mol. The van der Waals surface area contributed by atoms with Crippen LogP contribution in [0.15, 0.2) is 23.8 Å². The molecule has 0 bridgehead atoms. The van der Waals surface area contributed by atoms with Crippen LogP contribution in [0.25, 0.3) is 6.08 Å². The SMILES string of the molecule is N#C/C(=C\c1ccc(O)c(O)c1)C(=O)NCC1CCCC1. The van der Waals surface area contributed by atoms with Gasteiger partial charge in [-0.05, 0) is 42.5 Å². The van der Waals surface area contributed by atoms with Gasteiger partial charge in [-0.25, -0.2) is 0 Å². The normalized spacial score (nSPS) is 15.7. The molecule has 1 fully saturated rings. The molecule has 21 heavy (non-hydrogen) atoms. The molecule has 1 aliphatic carbocycles. The third-order valence-corrected chi connectivity index (χ3v) is 3.70. The summed E-state index contributed by atoms with van der Waals surface area (Å²) in [6.45, 7) is 0.596. The van der Waals surface area contributed by atoms with Crippen LogP contribution in [-0.2, 0) is 4.79 Å². The smallest absolute Gasteiger partial charge is 0.261 e. The average molecular weight is 286 g/mol. The topological polar surface area (TPSA) is 93.3 Å². The lowest BCUT2D eigenvalue weighted by atomic mass is 10.1. The number of phenols is 2. The second-order valence-electron chi connectivity index (χ2n) is 5.28. The van der Waals surface area contributed by atoms with Crippen molar-refractivity contribution in [2.24, 2.45) is 5.92 Å². The number of rotatable bonds is 4. The highest BCUT2D eigenvalue weighted by atomic mass is 16.3. The maximum Gasteiger partial charge on any atom is 0.261 e. The van der Waals surface area contributed by atoms with Crippen LogP contribution in [0.1, 0.15) is 31.2 Å². The van der Waals surface area contributed by atoms with Crippen molar-refractivity contribution in [1.29, 1.82) is 5.26 Å². The molecule has 1 aromatic rings. The van der Waals surface area contributed by atoms with Crippen LogP contribution >= 0.6 is 0 Å². The lowest BCUT2D eigenvalue weighted by molar-refractivity contribution is -0.117. The number of hydrogen-bond acceptors (Lipinski definition) is 4. The van der Waals surface area contributed by atoms with E-state index in [2.05, 4.69) is 5.32 Å². The summed E-state index contributed by atoms with van der Waals surface area (Å²) < 4.78 is 0. The zero-order chi connectivity index (χ0) is 15.2. The molecular formula is C16H18N2O3. The summed E-state index contributed by atoms with van der Waals surface area (Å²) in [4.78, 5) is 12.0. The minimum absolute atomic E-state index is 0.0157. The third-order valence-electron chi connectivity index (χ3n) is 3.70. The monoisotopic (exact) mass is 286 g/mol. The molecule has 0 aromatic heterocycles. The van der Waals surface area contributed by atoms with E-state index in [4.69, 9.17) is 5.26 Å². The maximum absolute atomic E-state index is 12.0. The lowest BCUT2D eigenvalue weighted by Gasteiger charge is -2.10. The van der Waals surface area contributed by atoms with Gasteiger partial charge in [-0.3, -0.25) is 4.79 Å². The van der Waals surface area contributed by atoms with Crippen molar-refractivity contribution in [3.8, 4) is 17.6 Å². The van der Waals surface area contributed by atoms with Gasteiger partial charge in [-0.15, -0.1) is 0 Å². The number of hydrogen-bond donors (Lipinski definition) is 3. The first-order chi connectivity index (χ1) is 10.1. The van der Waals surface area contributed by atoms with Crippen molar-refractivity contribution < 1.29 is 15.0 Å². The molecule has 0 atom stereocenters. The van der Waals surface area contributed by atoms with Gasteiger partial charge < -0.3 is 15.5 Å². The van der Waals surface area contributed by atoms with E-state index in [1.807, 2.05) is 6.07 Å². The zero-order valence-electron chi connectivity index (χ0n) is 11.7. The highest BCUT2D eigenvalue weighted by Gasteiger charge is 2.17. The highest BCUT2D eigenvalue weighted by Crippen LogP contribution is 2.26.